The van der Waals surface area contributed by atoms with Crippen molar-refractivity contribution in [2.75, 3.05) is 34.8 Å². The van der Waals surface area contributed by atoms with Gasteiger partial charge in [0.25, 0.3) is 11.8 Å². The number of nitrogens with zero attached hydrogens (tertiary/aromatic N) is 2. The molecule has 5 rings (SSSR count). The topological polar surface area (TPSA) is 143 Å². The van der Waals surface area contributed by atoms with Gasteiger partial charge in [-0.2, -0.15) is 0 Å². The molecular formula is C22H20N4O6S3. The van der Waals surface area contributed by atoms with Crippen LogP contribution in [0.2, 0.25) is 0 Å². The first-order valence-electron chi connectivity index (χ1n) is 10.6. The van der Waals surface area contributed by atoms with Gasteiger partial charge in [-0.25, -0.2) is 21.8 Å². The second-order valence-corrected chi connectivity index (χ2v) is 13.4. The van der Waals surface area contributed by atoms with E-state index >= 15 is 0 Å². The van der Waals surface area contributed by atoms with Crippen molar-refractivity contribution < 1.29 is 26.4 Å². The number of hydrogen-bond acceptors (Lipinski definition) is 9. The molecule has 2 aromatic carbocycles. The molecule has 1 fully saturated rings. The van der Waals surface area contributed by atoms with Crippen LogP contribution in [0.4, 0.5) is 10.8 Å². The van der Waals surface area contributed by atoms with E-state index in [1.165, 1.54) is 41.7 Å². The van der Waals surface area contributed by atoms with Gasteiger partial charge >= 0.3 is 0 Å². The normalized spacial score (nSPS) is 18.1. The zero-order valence-corrected chi connectivity index (χ0v) is 20.7. The fourth-order valence-corrected chi connectivity index (χ4v) is 7.59. The summed E-state index contributed by atoms with van der Waals surface area (Å²) in [4.78, 5) is 32.2. The lowest BCUT2D eigenvalue weighted by Crippen LogP contribution is -2.40. The summed E-state index contributed by atoms with van der Waals surface area (Å²) in [5, 5.41) is 6.06. The minimum atomic E-state index is -3.95. The minimum Gasteiger partial charge on any atom is -0.347 e. The van der Waals surface area contributed by atoms with Crippen LogP contribution in [-0.4, -0.2) is 58.2 Å². The molecule has 0 bridgehead atoms. The van der Waals surface area contributed by atoms with E-state index in [1.54, 1.807) is 18.3 Å². The molecule has 182 valence electrons. The van der Waals surface area contributed by atoms with Gasteiger partial charge in [-0.15, -0.1) is 11.3 Å². The zero-order chi connectivity index (χ0) is 24.8. The maximum absolute atomic E-state index is 13.1. The molecule has 2 aliphatic heterocycles. The molecular weight excluding hydrogens is 512 g/mol. The van der Waals surface area contributed by atoms with E-state index in [9.17, 15) is 26.4 Å². The highest BCUT2D eigenvalue weighted by atomic mass is 32.2. The Morgan fingerprint density at radius 3 is 2.57 bits per heavy atom. The van der Waals surface area contributed by atoms with Crippen molar-refractivity contribution in [2.45, 2.75) is 16.3 Å². The molecule has 0 atom stereocenters. The van der Waals surface area contributed by atoms with E-state index in [0.717, 1.165) is 4.88 Å². The summed E-state index contributed by atoms with van der Waals surface area (Å²) in [6.45, 7) is 0.959. The van der Waals surface area contributed by atoms with Crippen molar-refractivity contribution in [2.24, 2.45) is 0 Å². The highest BCUT2D eigenvalue weighted by Crippen LogP contribution is 2.34. The van der Waals surface area contributed by atoms with Crippen LogP contribution in [-0.2, 0) is 26.2 Å². The highest BCUT2D eigenvalue weighted by molar-refractivity contribution is 7.92. The van der Waals surface area contributed by atoms with E-state index in [-0.39, 0.29) is 44.7 Å². The SMILES string of the molecule is O=C(NCc1cnc(N2CCS(=O)(=O)CC2)s1)c1ccc2c(c1)NC(=O)c1ccccc1S2(=O)=O. The van der Waals surface area contributed by atoms with Gasteiger partial charge in [0.05, 0.1) is 39.1 Å². The van der Waals surface area contributed by atoms with Gasteiger partial charge in [-0.3, -0.25) is 9.59 Å². The summed E-state index contributed by atoms with van der Waals surface area (Å²) >= 11 is 1.36. The van der Waals surface area contributed by atoms with Crippen molar-refractivity contribution in [1.29, 1.82) is 0 Å². The van der Waals surface area contributed by atoms with Crippen molar-refractivity contribution >= 4 is 53.6 Å². The lowest BCUT2D eigenvalue weighted by atomic mass is 10.1. The second-order valence-electron chi connectivity index (χ2n) is 8.10. The zero-order valence-electron chi connectivity index (χ0n) is 18.2. The predicted octanol–water partition coefficient (Wildman–Crippen LogP) is 1.71. The number of fused-ring (bicyclic) bond motifs is 2. The first-order chi connectivity index (χ1) is 16.6. The number of carbonyl (C=O) groups excluding carboxylic acids is 2. The molecule has 2 aliphatic rings. The van der Waals surface area contributed by atoms with Crippen molar-refractivity contribution in [3.05, 3.63) is 64.7 Å². The first kappa shape index (κ1) is 23.5. The third-order valence-electron chi connectivity index (χ3n) is 5.78. The Hall–Kier alpha value is -3.29. The summed E-state index contributed by atoms with van der Waals surface area (Å²) < 4.78 is 49.4. The maximum Gasteiger partial charge on any atom is 0.257 e. The van der Waals surface area contributed by atoms with E-state index in [4.69, 9.17) is 0 Å². The van der Waals surface area contributed by atoms with Crippen LogP contribution < -0.4 is 15.5 Å². The van der Waals surface area contributed by atoms with Gasteiger partial charge in [0.15, 0.2) is 15.0 Å². The fraction of sp³-hybridized carbons (Fsp3) is 0.227. The molecule has 1 saturated heterocycles. The van der Waals surface area contributed by atoms with Crippen molar-refractivity contribution in [1.82, 2.24) is 10.3 Å². The van der Waals surface area contributed by atoms with Crippen LogP contribution in [0.3, 0.4) is 0 Å². The summed E-state index contributed by atoms with van der Waals surface area (Å²) in [5.74, 6) is -0.828. The fourth-order valence-electron chi connectivity index (χ4n) is 3.90. The summed E-state index contributed by atoms with van der Waals surface area (Å²) in [7, 11) is -6.94. The molecule has 35 heavy (non-hydrogen) atoms. The largest absolute Gasteiger partial charge is 0.347 e. The van der Waals surface area contributed by atoms with E-state index in [2.05, 4.69) is 15.6 Å². The highest BCUT2D eigenvalue weighted by Gasteiger charge is 2.31. The predicted molar refractivity (Wildman–Crippen MR) is 130 cm³/mol. The minimum absolute atomic E-state index is 0.0407. The van der Waals surface area contributed by atoms with Crippen LogP contribution in [0.1, 0.15) is 25.6 Å². The number of rotatable bonds is 4. The number of thiazole rings is 1. The molecule has 2 N–H and O–H groups in total. The average Bonchev–Trinajstić information content (AvgIpc) is 3.28. The van der Waals surface area contributed by atoms with E-state index < -0.39 is 31.5 Å². The van der Waals surface area contributed by atoms with Crippen LogP contribution in [0.5, 0.6) is 0 Å². The lowest BCUT2D eigenvalue weighted by molar-refractivity contribution is 0.0949. The van der Waals surface area contributed by atoms with Gasteiger partial charge in [0.1, 0.15) is 0 Å². The van der Waals surface area contributed by atoms with Gasteiger partial charge < -0.3 is 15.5 Å². The van der Waals surface area contributed by atoms with Gasteiger partial charge in [-0.1, -0.05) is 12.1 Å². The summed E-state index contributed by atoms with van der Waals surface area (Å²) in [5.41, 5.74) is 0.275. The molecule has 10 nitrogen and oxygen atoms in total. The Balaban J connectivity index is 1.30. The molecule has 0 unspecified atom stereocenters. The third kappa shape index (κ3) is 4.54. The number of hydrogen-bond donors (Lipinski definition) is 2. The summed E-state index contributed by atoms with van der Waals surface area (Å²) in [6.07, 6.45) is 1.63. The molecule has 0 radical (unpaired) electrons. The van der Waals surface area contributed by atoms with E-state index in [0.29, 0.717) is 18.2 Å². The number of aromatic nitrogens is 1. The standard InChI is InChI=1S/C22H20N4O6S3/c27-20(23-12-15-13-24-22(33-15)26-7-9-34(29,30)10-8-26)14-5-6-19-17(11-14)25-21(28)16-3-1-2-4-18(16)35(19,31)32/h1-6,11,13H,7-10,12H2,(H,23,27)(H,25,28). The van der Waals surface area contributed by atoms with Crippen molar-refractivity contribution in [3.63, 3.8) is 0 Å². The molecule has 3 aromatic rings. The Bertz CT molecular complexity index is 1550. The van der Waals surface area contributed by atoms with Crippen molar-refractivity contribution in [3.8, 4) is 0 Å². The monoisotopic (exact) mass is 532 g/mol. The Kier molecular flexibility index (Phi) is 5.85. The number of nitrogens with one attached hydrogen (secondary N) is 2. The van der Waals surface area contributed by atoms with Crippen LogP contribution >= 0.6 is 11.3 Å². The Morgan fingerprint density at radius 1 is 1.06 bits per heavy atom. The number of benzene rings is 2. The Morgan fingerprint density at radius 2 is 1.80 bits per heavy atom. The number of sulfone groups is 2. The quantitative estimate of drug-likeness (QED) is 0.517. The Labute approximate surface area is 205 Å². The number of carbonyl (C=O) groups is 2. The molecule has 0 aliphatic carbocycles. The van der Waals surface area contributed by atoms with Gasteiger partial charge in [0, 0.05) is 29.7 Å². The molecule has 3 heterocycles. The van der Waals surface area contributed by atoms with Crippen LogP contribution in [0, 0.1) is 0 Å². The maximum atomic E-state index is 13.1. The smallest absolute Gasteiger partial charge is 0.257 e. The van der Waals surface area contributed by atoms with Gasteiger partial charge in [-0.05, 0) is 30.3 Å². The third-order valence-corrected chi connectivity index (χ3v) is 10.3. The molecule has 2 amide bonds. The average molecular weight is 533 g/mol. The van der Waals surface area contributed by atoms with Crippen LogP contribution in [0.25, 0.3) is 0 Å². The molecule has 13 heteroatoms. The lowest BCUT2D eigenvalue weighted by Gasteiger charge is -2.25. The molecule has 0 saturated carbocycles. The summed E-state index contributed by atoms with van der Waals surface area (Å²) in [6, 6.07) is 10.0. The van der Waals surface area contributed by atoms with Gasteiger partial charge in [0.2, 0.25) is 9.84 Å². The second kappa shape index (κ2) is 8.73. The first-order valence-corrected chi connectivity index (χ1v) is 14.7. The molecule has 0 spiro atoms. The van der Waals surface area contributed by atoms with E-state index in [1.807, 2.05) is 4.90 Å². The number of amides is 2. The molecule has 1 aromatic heterocycles. The number of anilines is 2. The van der Waals surface area contributed by atoms with Crippen LogP contribution in [0.15, 0.2) is 58.5 Å².